The molecule has 1 aliphatic heterocycles. The van der Waals surface area contributed by atoms with Gasteiger partial charge < -0.3 is 20.9 Å². The van der Waals surface area contributed by atoms with Gasteiger partial charge in [0, 0.05) is 55.5 Å². The minimum absolute atomic E-state index is 0.0694. The van der Waals surface area contributed by atoms with Crippen molar-refractivity contribution in [1.82, 2.24) is 9.80 Å². The van der Waals surface area contributed by atoms with E-state index in [4.69, 9.17) is 10.7 Å². The Balaban J connectivity index is 2.06. The van der Waals surface area contributed by atoms with E-state index in [1.165, 1.54) is 0 Å². The van der Waals surface area contributed by atoms with Gasteiger partial charge in [0.2, 0.25) is 0 Å². The molecule has 1 fully saturated rings. The molecular formula is C18H29N5OS. The molecule has 0 saturated carbocycles. The minimum atomic E-state index is 0.0694. The van der Waals surface area contributed by atoms with Crippen molar-refractivity contribution >= 4 is 29.2 Å². The lowest BCUT2D eigenvalue weighted by Crippen LogP contribution is -2.49. The number of anilines is 1. The number of likely N-dealkylation sites (N-methyl/N-ethyl adjacent to an activating group) is 1. The third-order valence-corrected chi connectivity index (χ3v) is 5.08. The number of nitrogens with two attached hydrogens (primary N) is 1. The minimum Gasteiger partial charge on any atom is -0.340 e. The molecule has 25 heavy (non-hydrogen) atoms. The van der Waals surface area contributed by atoms with Gasteiger partial charge >= 0.3 is 0 Å². The van der Waals surface area contributed by atoms with Gasteiger partial charge in [0.15, 0.2) is 11.7 Å². The highest BCUT2D eigenvalue weighted by molar-refractivity contribution is 7.99. The van der Waals surface area contributed by atoms with Gasteiger partial charge in [-0.2, -0.15) is 11.8 Å². The van der Waals surface area contributed by atoms with Crippen molar-refractivity contribution in [2.45, 2.75) is 6.92 Å². The van der Waals surface area contributed by atoms with Crippen LogP contribution in [-0.2, 0) is 0 Å². The summed E-state index contributed by atoms with van der Waals surface area (Å²) in [5.41, 5.74) is 7.14. The zero-order chi connectivity index (χ0) is 18.1. The van der Waals surface area contributed by atoms with Crippen LogP contribution in [0.25, 0.3) is 0 Å². The Morgan fingerprint density at radius 2 is 2.04 bits per heavy atom. The van der Waals surface area contributed by atoms with Crippen LogP contribution in [0.4, 0.5) is 5.69 Å². The van der Waals surface area contributed by atoms with Gasteiger partial charge in [-0.25, -0.2) is 0 Å². The first-order chi connectivity index (χ1) is 12.1. The molecule has 1 heterocycles. The topological polar surface area (TPSA) is 74.0 Å². The number of hydrogen-bond acceptors (Lipinski definition) is 5. The molecule has 1 aromatic carbocycles. The van der Waals surface area contributed by atoms with Crippen LogP contribution in [0.3, 0.4) is 0 Å². The number of nitrogens with zero attached hydrogens (tertiary/aromatic N) is 3. The van der Waals surface area contributed by atoms with Crippen LogP contribution in [0.15, 0.2) is 29.3 Å². The maximum atomic E-state index is 11.6. The van der Waals surface area contributed by atoms with Crippen LogP contribution in [0, 0.1) is 0 Å². The average molecular weight is 364 g/mol. The van der Waals surface area contributed by atoms with Crippen LogP contribution < -0.4 is 11.1 Å². The van der Waals surface area contributed by atoms with Crippen molar-refractivity contribution in [3.05, 3.63) is 29.8 Å². The SMILES string of the molecule is CC(=O)c1cccc(NC(=NCCSCCN)N2CCN(C)CC2)c1. The average Bonchev–Trinajstić information content (AvgIpc) is 2.61. The number of guanidine groups is 1. The number of aliphatic imine (C=N–C) groups is 1. The number of benzene rings is 1. The highest BCUT2D eigenvalue weighted by atomic mass is 32.2. The van der Waals surface area contributed by atoms with Crippen molar-refractivity contribution in [3.8, 4) is 0 Å². The number of carbonyl (C=O) groups excluding carboxylic acids is 1. The highest BCUT2D eigenvalue weighted by Gasteiger charge is 2.17. The lowest BCUT2D eigenvalue weighted by molar-refractivity contribution is 0.101. The van der Waals surface area contributed by atoms with Crippen molar-refractivity contribution in [2.24, 2.45) is 10.7 Å². The molecule has 0 atom stereocenters. The Kier molecular flexibility index (Phi) is 8.24. The number of Topliss-reactive ketones (excluding diaryl/α,β-unsaturated/α-hetero) is 1. The summed E-state index contributed by atoms with van der Waals surface area (Å²) < 4.78 is 0. The summed E-state index contributed by atoms with van der Waals surface area (Å²) in [5.74, 6) is 2.89. The number of piperazine rings is 1. The third kappa shape index (κ3) is 6.68. The zero-order valence-electron chi connectivity index (χ0n) is 15.2. The number of ketones is 1. The molecule has 0 radical (unpaired) electrons. The van der Waals surface area contributed by atoms with Gasteiger partial charge in [-0.1, -0.05) is 12.1 Å². The second-order valence-corrected chi connectivity index (χ2v) is 7.38. The summed E-state index contributed by atoms with van der Waals surface area (Å²) in [5, 5.41) is 3.42. The van der Waals surface area contributed by atoms with Gasteiger partial charge in [-0.05, 0) is 26.1 Å². The summed E-state index contributed by atoms with van der Waals surface area (Å²) in [6.45, 7) is 6.99. The normalized spacial score (nSPS) is 16.1. The first-order valence-corrected chi connectivity index (χ1v) is 9.89. The summed E-state index contributed by atoms with van der Waals surface area (Å²) >= 11 is 1.82. The van der Waals surface area contributed by atoms with Gasteiger partial charge in [0.1, 0.15) is 0 Å². The van der Waals surface area contributed by atoms with Crippen LogP contribution in [0.5, 0.6) is 0 Å². The number of nitrogens with one attached hydrogen (secondary N) is 1. The smallest absolute Gasteiger partial charge is 0.198 e. The van der Waals surface area contributed by atoms with E-state index < -0.39 is 0 Å². The second kappa shape index (κ2) is 10.4. The van der Waals surface area contributed by atoms with Gasteiger partial charge in [-0.3, -0.25) is 9.79 Å². The molecule has 0 unspecified atom stereocenters. The molecule has 0 amide bonds. The second-order valence-electron chi connectivity index (χ2n) is 6.16. The summed E-state index contributed by atoms with van der Waals surface area (Å²) in [6, 6.07) is 7.60. The maximum absolute atomic E-state index is 11.6. The number of thioether (sulfide) groups is 1. The molecule has 2 rings (SSSR count). The first-order valence-electron chi connectivity index (χ1n) is 8.74. The Hall–Kier alpha value is -1.57. The van der Waals surface area contributed by atoms with E-state index in [1.807, 2.05) is 36.0 Å². The van der Waals surface area contributed by atoms with Crippen LogP contribution in [0.1, 0.15) is 17.3 Å². The molecule has 1 saturated heterocycles. The number of rotatable bonds is 7. The van der Waals surface area contributed by atoms with E-state index in [0.717, 1.165) is 55.9 Å². The Bertz CT molecular complexity index is 585. The monoisotopic (exact) mass is 363 g/mol. The summed E-state index contributed by atoms with van der Waals surface area (Å²) in [4.78, 5) is 21.0. The van der Waals surface area contributed by atoms with E-state index in [2.05, 4.69) is 22.2 Å². The van der Waals surface area contributed by atoms with Crippen molar-refractivity contribution in [1.29, 1.82) is 0 Å². The van der Waals surface area contributed by atoms with E-state index in [1.54, 1.807) is 6.92 Å². The molecule has 6 nitrogen and oxygen atoms in total. The molecule has 1 aromatic rings. The van der Waals surface area contributed by atoms with Crippen molar-refractivity contribution in [2.75, 3.05) is 63.1 Å². The lowest BCUT2D eigenvalue weighted by atomic mass is 10.1. The van der Waals surface area contributed by atoms with Crippen molar-refractivity contribution < 1.29 is 4.79 Å². The standard InChI is InChI=1S/C18H29N5OS/c1-15(24)16-4-3-5-17(14-16)21-18(20-7-13-25-12-6-19)23-10-8-22(2)9-11-23/h3-5,14H,6-13,19H2,1-2H3,(H,20,21). The quantitative estimate of drug-likeness (QED) is 0.332. The number of hydrogen-bond donors (Lipinski definition) is 2. The Labute approximate surface area is 154 Å². The van der Waals surface area contributed by atoms with E-state index >= 15 is 0 Å². The zero-order valence-corrected chi connectivity index (χ0v) is 16.0. The lowest BCUT2D eigenvalue weighted by Gasteiger charge is -2.34. The molecule has 7 heteroatoms. The predicted molar refractivity (Wildman–Crippen MR) is 108 cm³/mol. The van der Waals surface area contributed by atoms with E-state index in [9.17, 15) is 4.79 Å². The van der Waals surface area contributed by atoms with Gasteiger partial charge in [-0.15, -0.1) is 0 Å². The molecule has 0 aliphatic carbocycles. The van der Waals surface area contributed by atoms with Crippen LogP contribution in [0.2, 0.25) is 0 Å². The van der Waals surface area contributed by atoms with Gasteiger partial charge in [0.25, 0.3) is 0 Å². The fourth-order valence-electron chi connectivity index (χ4n) is 2.58. The Morgan fingerprint density at radius 1 is 1.28 bits per heavy atom. The van der Waals surface area contributed by atoms with Crippen LogP contribution in [-0.4, -0.2) is 79.4 Å². The molecule has 0 spiro atoms. The molecular weight excluding hydrogens is 334 g/mol. The third-order valence-electron chi connectivity index (χ3n) is 4.09. The predicted octanol–water partition coefficient (Wildman–Crippen LogP) is 1.60. The summed E-state index contributed by atoms with van der Waals surface area (Å²) in [7, 11) is 2.14. The first kappa shape index (κ1) is 19.8. The molecule has 3 N–H and O–H groups in total. The number of carbonyl (C=O) groups is 1. The molecule has 0 bridgehead atoms. The summed E-state index contributed by atoms with van der Waals surface area (Å²) in [6.07, 6.45) is 0. The van der Waals surface area contributed by atoms with Crippen LogP contribution >= 0.6 is 11.8 Å². The molecule has 0 aromatic heterocycles. The van der Waals surface area contributed by atoms with Crippen molar-refractivity contribution in [3.63, 3.8) is 0 Å². The van der Waals surface area contributed by atoms with E-state index in [0.29, 0.717) is 12.1 Å². The van der Waals surface area contributed by atoms with E-state index in [-0.39, 0.29) is 5.78 Å². The maximum Gasteiger partial charge on any atom is 0.198 e. The Morgan fingerprint density at radius 3 is 2.72 bits per heavy atom. The fourth-order valence-corrected chi connectivity index (χ4v) is 3.17. The molecule has 138 valence electrons. The largest absolute Gasteiger partial charge is 0.340 e. The fraction of sp³-hybridized carbons (Fsp3) is 0.556. The molecule has 1 aliphatic rings. The van der Waals surface area contributed by atoms with Gasteiger partial charge in [0.05, 0.1) is 6.54 Å². The highest BCUT2D eigenvalue weighted by Crippen LogP contribution is 2.13.